The molecule has 4 nitrogen and oxygen atoms in total. The summed E-state index contributed by atoms with van der Waals surface area (Å²) in [5.41, 5.74) is 2.80. The van der Waals surface area contributed by atoms with Crippen molar-refractivity contribution in [2.45, 2.75) is 6.92 Å². The molecule has 0 saturated carbocycles. The minimum atomic E-state index is -1.07. The van der Waals surface area contributed by atoms with Gasteiger partial charge >= 0.3 is 5.97 Å². The Morgan fingerprint density at radius 2 is 2.10 bits per heavy atom. The first-order chi connectivity index (χ1) is 9.52. The zero-order valence-corrected chi connectivity index (χ0v) is 11.4. The number of benzene rings is 2. The number of anilines is 2. The number of nitrogens with zero attached hydrogens (tertiary/aromatic N) is 1. The molecule has 100 valence electrons. The molecule has 2 N–H and O–H groups in total. The predicted molar refractivity (Wildman–Crippen MR) is 77.6 cm³/mol. The van der Waals surface area contributed by atoms with Gasteiger partial charge in [0.25, 0.3) is 0 Å². The summed E-state index contributed by atoms with van der Waals surface area (Å²) >= 11 is 5.92. The molecule has 5 heteroatoms. The minimum absolute atomic E-state index is 0.0440. The van der Waals surface area contributed by atoms with Gasteiger partial charge in [0.05, 0.1) is 21.8 Å². The van der Waals surface area contributed by atoms with Crippen molar-refractivity contribution >= 4 is 28.9 Å². The third-order valence-corrected chi connectivity index (χ3v) is 3.17. The van der Waals surface area contributed by atoms with Crippen molar-refractivity contribution in [2.75, 3.05) is 5.32 Å². The van der Waals surface area contributed by atoms with Gasteiger partial charge < -0.3 is 10.4 Å². The number of carboxylic acid groups (broad SMARTS) is 1. The summed E-state index contributed by atoms with van der Waals surface area (Å²) in [5.74, 6) is -1.07. The van der Waals surface area contributed by atoms with Crippen molar-refractivity contribution < 1.29 is 9.90 Å². The van der Waals surface area contributed by atoms with Crippen molar-refractivity contribution in [1.82, 2.24) is 0 Å². The van der Waals surface area contributed by atoms with Gasteiger partial charge in [-0.1, -0.05) is 23.7 Å². The largest absolute Gasteiger partial charge is 0.478 e. The molecule has 2 aromatic rings. The number of aromatic carboxylic acids is 1. The molecule has 0 heterocycles. The van der Waals surface area contributed by atoms with E-state index in [4.69, 9.17) is 22.0 Å². The van der Waals surface area contributed by atoms with Crippen LogP contribution in [0.2, 0.25) is 5.02 Å². The Morgan fingerprint density at radius 1 is 1.35 bits per heavy atom. The van der Waals surface area contributed by atoms with E-state index in [2.05, 4.69) is 11.4 Å². The number of aryl methyl sites for hydroxylation is 1. The monoisotopic (exact) mass is 286 g/mol. The van der Waals surface area contributed by atoms with Crippen LogP contribution in [-0.2, 0) is 0 Å². The number of nitriles is 1. The number of carboxylic acids is 1. The smallest absolute Gasteiger partial charge is 0.337 e. The Bertz CT molecular complexity index is 720. The highest BCUT2D eigenvalue weighted by Crippen LogP contribution is 2.27. The zero-order valence-electron chi connectivity index (χ0n) is 10.6. The summed E-state index contributed by atoms with van der Waals surface area (Å²) in [4.78, 5) is 10.9. The lowest BCUT2D eigenvalue weighted by molar-refractivity contribution is 0.0697. The maximum atomic E-state index is 10.9. The van der Waals surface area contributed by atoms with Gasteiger partial charge in [-0.05, 0) is 36.8 Å². The predicted octanol–water partition coefficient (Wildman–Crippen LogP) is 3.96. The van der Waals surface area contributed by atoms with Crippen molar-refractivity contribution in [2.24, 2.45) is 0 Å². The Hall–Kier alpha value is -2.51. The van der Waals surface area contributed by atoms with Gasteiger partial charge in [-0.3, -0.25) is 0 Å². The van der Waals surface area contributed by atoms with Gasteiger partial charge in [-0.15, -0.1) is 0 Å². The number of para-hydroxylation sites is 1. The van der Waals surface area contributed by atoms with E-state index in [0.29, 0.717) is 16.9 Å². The third-order valence-electron chi connectivity index (χ3n) is 2.86. The highest BCUT2D eigenvalue weighted by atomic mass is 35.5. The molecule has 0 aliphatic rings. The normalized spacial score (nSPS) is 9.85. The Morgan fingerprint density at radius 3 is 2.70 bits per heavy atom. The summed E-state index contributed by atoms with van der Waals surface area (Å²) in [5, 5.41) is 21.3. The van der Waals surface area contributed by atoms with Crippen molar-refractivity contribution in [3.05, 3.63) is 58.1 Å². The van der Waals surface area contributed by atoms with Gasteiger partial charge in [0.1, 0.15) is 6.07 Å². The lowest BCUT2D eigenvalue weighted by Gasteiger charge is -2.12. The molecular formula is C15H11ClN2O2. The molecule has 0 unspecified atom stereocenters. The fraction of sp³-hybridized carbons (Fsp3) is 0.0667. The fourth-order valence-electron chi connectivity index (χ4n) is 1.84. The van der Waals surface area contributed by atoms with Crippen LogP contribution in [-0.4, -0.2) is 11.1 Å². The van der Waals surface area contributed by atoms with E-state index >= 15 is 0 Å². The quantitative estimate of drug-likeness (QED) is 0.895. The molecule has 2 aromatic carbocycles. The molecule has 0 fully saturated rings. The van der Waals surface area contributed by atoms with Crippen LogP contribution in [0.5, 0.6) is 0 Å². The van der Waals surface area contributed by atoms with Crippen molar-refractivity contribution in [3.63, 3.8) is 0 Å². The number of hydrogen-bond donors (Lipinski definition) is 2. The molecule has 0 spiro atoms. The first-order valence-electron chi connectivity index (χ1n) is 5.82. The summed E-state index contributed by atoms with van der Waals surface area (Å²) in [6.45, 7) is 1.89. The molecule has 20 heavy (non-hydrogen) atoms. The summed E-state index contributed by atoms with van der Waals surface area (Å²) < 4.78 is 0. The van der Waals surface area contributed by atoms with Crippen LogP contribution in [0.1, 0.15) is 21.5 Å². The number of carbonyl (C=O) groups is 1. The number of halogens is 1. The average Bonchev–Trinajstić information content (AvgIpc) is 2.40. The molecule has 0 amide bonds. The Balaban J connectivity index is 2.39. The molecule has 0 bridgehead atoms. The second-order valence-electron chi connectivity index (χ2n) is 4.23. The third kappa shape index (κ3) is 2.73. The molecular weight excluding hydrogens is 276 g/mol. The van der Waals surface area contributed by atoms with E-state index in [1.54, 1.807) is 18.2 Å². The van der Waals surface area contributed by atoms with Gasteiger partial charge in [-0.2, -0.15) is 5.26 Å². The lowest BCUT2D eigenvalue weighted by atomic mass is 10.1. The maximum Gasteiger partial charge on any atom is 0.337 e. The summed E-state index contributed by atoms with van der Waals surface area (Å²) in [6.07, 6.45) is 0. The SMILES string of the molecule is Cc1cccc(C#N)c1Nc1ccc(C(=O)O)c(Cl)c1. The Labute approximate surface area is 121 Å². The molecule has 0 atom stereocenters. The van der Waals surface area contributed by atoms with E-state index in [-0.39, 0.29) is 10.6 Å². The number of hydrogen-bond acceptors (Lipinski definition) is 3. The van der Waals surface area contributed by atoms with Crippen LogP contribution in [0.3, 0.4) is 0 Å². The first-order valence-corrected chi connectivity index (χ1v) is 6.20. The average molecular weight is 287 g/mol. The standard InChI is InChI=1S/C15H11ClN2O2/c1-9-3-2-4-10(8-17)14(9)18-11-5-6-12(15(19)20)13(16)7-11/h2-7,18H,1H3,(H,19,20). The van der Waals surface area contributed by atoms with E-state index in [1.807, 2.05) is 13.0 Å². The van der Waals surface area contributed by atoms with Crippen LogP contribution < -0.4 is 5.32 Å². The lowest BCUT2D eigenvalue weighted by Crippen LogP contribution is -2.00. The molecule has 2 rings (SSSR count). The second kappa shape index (κ2) is 5.64. The van der Waals surface area contributed by atoms with E-state index in [9.17, 15) is 4.79 Å². The molecule has 0 aliphatic carbocycles. The van der Waals surface area contributed by atoms with Crippen LogP contribution in [0.25, 0.3) is 0 Å². The zero-order chi connectivity index (χ0) is 14.7. The maximum absolute atomic E-state index is 10.9. The van der Waals surface area contributed by atoms with Gasteiger partial charge in [0.2, 0.25) is 0 Å². The van der Waals surface area contributed by atoms with Crippen LogP contribution >= 0.6 is 11.6 Å². The minimum Gasteiger partial charge on any atom is -0.478 e. The number of rotatable bonds is 3. The van der Waals surface area contributed by atoms with Crippen LogP contribution in [0, 0.1) is 18.3 Å². The summed E-state index contributed by atoms with van der Waals surface area (Å²) in [7, 11) is 0. The van der Waals surface area contributed by atoms with Crippen LogP contribution in [0.15, 0.2) is 36.4 Å². The van der Waals surface area contributed by atoms with E-state index < -0.39 is 5.97 Å². The van der Waals surface area contributed by atoms with Gasteiger partial charge in [0, 0.05) is 5.69 Å². The second-order valence-corrected chi connectivity index (χ2v) is 4.64. The summed E-state index contributed by atoms with van der Waals surface area (Å²) in [6, 6.07) is 12.1. The topological polar surface area (TPSA) is 73.1 Å². The van der Waals surface area contributed by atoms with Gasteiger partial charge in [-0.25, -0.2) is 4.79 Å². The number of nitrogens with one attached hydrogen (secondary N) is 1. The van der Waals surface area contributed by atoms with Crippen LogP contribution in [0.4, 0.5) is 11.4 Å². The Kier molecular flexibility index (Phi) is 3.92. The fourth-order valence-corrected chi connectivity index (χ4v) is 2.10. The molecule has 0 radical (unpaired) electrons. The van der Waals surface area contributed by atoms with E-state index in [1.165, 1.54) is 12.1 Å². The highest BCUT2D eigenvalue weighted by molar-refractivity contribution is 6.33. The molecule has 0 saturated heterocycles. The van der Waals surface area contributed by atoms with Gasteiger partial charge in [0.15, 0.2) is 0 Å². The molecule has 0 aromatic heterocycles. The molecule has 0 aliphatic heterocycles. The van der Waals surface area contributed by atoms with Crippen molar-refractivity contribution in [3.8, 4) is 6.07 Å². The van der Waals surface area contributed by atoms with Crippen molar-refractivity contribution in [1.29, 1.82) is 5.26 Å². The van der Waals surface area contributed by atoms with E-state index in [0.717, 1.165) is 5.56 Å². The first kappa shape index (κ1) is 13.9. The highest BCUT2D eigenvalue weighted by Gasteiger charge is 2.10.